The molecule has 1 aromatic heterocycles. The van der Waals surface area contributed by atoms with Gasteiger partial charge < -0.3 is 4.42 Å². The van der Waals surface area contributed by atoms with E-state index in [9.17, 15) is 8.42 Å². The molecule has 1 aliphatic heterocycles. The topological polar surface area (TPSA) is 53.8 Å². The lowest BCUT2D eigenvalue weighted by Crippen LogP contribution is -2.48. The first-order valence-corrected chi connectivity index (χ1v) is 10.7. The summed E-state index contributed by atoms with van der Waals surface area (Å²) in [6.07, 6.45) is 0. The van der Waals surface area contributed by atoms with Crippen LogP contribution in [0.5, 0.6) is 0 Å². The molecule has 0 radical (unpaired) electrons. The molecule has 0 spiro atoms. The van der Waals surface area contributed by atoms with Crippen molar-refractivity contribution < 1.29 is 12.8 Å². The van der Waals surface area contributed by atoms with Crippen LogP contribution in [0.25, 0.3) is 11.0 Å². The Morgan fingerprint density at radius 2 is 1.78 bits per heavy atom. The maximum Gasteiger partial charge on any atom is 0.244 e. The largest absolute Gasteiger partial charge is 0.460 e. The van der Waals surface area contributed by atoms with E-state index < -0.39 is 10.0 Å². The second-order valence-electron chi connectivity index (χ2n) is 6.82. The van der Waals surface area contributed by atoms with Gasteiger partial charge in [0.25, 0.3) is 0 Å². The van der Waals surface area contributed by atoms with Gasteiger partial charge in [-0.05, 0) is 30.7 Å². The summed E-state index contributed by atoms with van der Waals surface area (Å²) in [5.74, 6) is 0.898. The van der Waals surface area contributed by atoms with Crippen molar-refractivity contribution in [1.82, 2.24) is 9.21 Å². The highest BCUT2D eigenvalue weighted by molar-refractivity contribution is 7.89. The average molecular weight is 405 g/mol. The molecule has 0 N–H and O–H groups in total. The van der Waals surface area contributed by atoms with Crippen LogP contribution >= 0.6 is 11.6 Å². The van der Waals surface area contributed by atoms with E-state index in [4.69, 9.17) is 16.0 Å². The zero-order valence-corrected chi connectivity index (χ0v) is 16.6. The monoisotopic (exact) mass is 404 g/mol. The first-order valence-electron chi connectivity index (χ1n) is 8.90. The molecule has 0 aliphatic carbocycles. The van der Waals surface area contributed by atoms with Crippen LogP contribution in [0.15, 0.2) is 57.8 Å². The van der Waals surface area contributed by atoms with Gasteiger partial charge in [-0.2, -0.15) is 4.31 Å². The lowest BCUT2D eigenvalue weighted by molar-refractivity contribution is 0.172. The Kier molecular flexibility index (Phi) is 4.99. The molecule has 0 saturated carbocycles. The number of sulfonamides is 1. The molecular formula is C20H21ClN2O3S. The smallest absolute Gasteiger partial charge is 0.244 e. The molecular weight excluding hydrogens is 384 g/mol. The molecule has 2 heterocycles. The van der Waals surface area contributed by atoms with Crippen molar-refractivity contribution in [3.8, 4) is 0 Å². The summed E-state index contributed by atoms with van der Waals surface area (Å²) in [5, 5.41) is 1.36. The normalized spacial score (nSPS) is 16.8. The summed E-state index contributed by atoms with van der Waals surface area (Å²) in [4.78, 5) is 2.43. The fraction of sp³-hybridized carbons (Fsp3) is 0.300. The summed E-state index contributed by atoms with van der Waals surface area (Å²) >= 11 is 6.18. The molecule has 1 fully saturated rings. The van der Waals surface area contributed by atoms with E-state index >= 15 is 0 Å². The molecule has 0 unspecified atom stereocenters. The van der Waals surface area contributed by atoms with Crippen LogP contribution in [0.2, 0.25) is 5.02 Å². The van der Waals surface area contributed by atoms with Crippen LogP contribution in [-0.4, -0.2) is 43.8 Å². The third kappa shape index (κ3) is 3.62. The standard InChI is InChI=1S/C20H21ClN2O3S/c1-15-5-4-7-18(21)20(15)27(24,25)23-11-9-22(10-12-23)14-17-13-16-6-2-3-8-19(16)26-17/h2-8,13H,9-12,14H2,1H3. The molecule has 5 nitrogen and oxygen atoms in total. The number of hydrogen-bond donors (Lipinski definition) is 0. The van der Waals surface area contributed by atoms with Gasteiger partial charge >= 0.3 is 0 Å². The summed E-state index contributed by atoms with van der Waals surface area (Å²) in [6, 6.07) is 15.1. The van der Waals surface area contributed by atoms with E-state index in [1.54, 1.807) is 25.1 Å². The highest BCUT2D eigenvalue weighted by atomic mass is 35.5. The number of hydrogen-bond acceptors (Lipinski definition) is 4. The number of fused-ring (bicyclic) bond motifs is 1. The molecule has 7 heteroatoms. The second kappa shape index (κ2) is 7.28. The second-order valence-corrected chi connectivity index (χ2v) is 9.10. The van der Waals surface area contributed by atoms with Crippen LogP contribution in [0, 0.1) is 6.92 Å². The minimum Gasteiger partial charge on any atom is -0.460 e. The van der Waals surface area contributed by atoms with E-state index in [0.717, 1.165) is 16.7 Å². The van der Waals surface area contributed by atoms with Gasteiger partial charge in [0, 0.05) is 31.6 Å². The molecule has 3 aromatic rings. The van der Waals surface area contributed by atoms with Gasteiger partial charge in [0.1, 0.15) is 16.2 Å². The summed E-state index contributed by atoms with van der Waals surface area (Å²) in [6.45, 7) is 4.63. The number of piperazine rings is 1. The number of furan rings is 1. The Morgan fingerprint density at radius 3 is 2.48 bits per heavy atom. The Morgan fingerprint density at radius 1 is 1.04 bits per heavy atom. The fourth-order valence-electron chi connectivity index (χ4n) is 3.54. The van der Waals surface area contributed by atoms with Crippen molar-refractivity contribution in [1.29, 1.82) is 0 Å². The van der Waals surface area contributed by atoms with Gasteiger partial charge in [0.15, 0.2) is 0 Å². The number of rotatable bonds is 4. The molecule has 0 bridgehead atoms. The van der Waals surface area contributed by atoms with Gasteiger partial charge in [-0.15, -0.1) is 0 Å². The predicted octanol–water partition coefficient (Wildman–Crippen LogP) is 3.90. The molecule has 0 atom stereocenters. The van der Waals surface area contributed by atoms with Gasteiger partial charge in [0.05, 0.1) is 11.6 Å². The number of para-hydroxylation sites is 1. The molecule has 1 saturated heterocycles. The van der Waals surface area contributed by atoms with Gasteiger partial charge in [-0.25, -0.2) is 8.42 Å². The van der Waals surface area contributed by atoms with Crippen LogP contribution in [-0.2, 0) is 16.6 Å². The summed E-state index contributed by atoms with van der Waals surface area (Å²) in [7, 11) is -3.59. The number of nitrogens with zero attached hydrogens (tertiary/aromatic N) is 2. The van der Waals surface area contributed by atoms with Gasteiger partial charge in [-0.3, -0.25) is 4.90 Å². The third-order valence-electron chi connectivity index (χ3n) is 4.95. The van der Waals surface area contributed by atoms with E-state index in [2.05, 4.69) is 4.90 Å². The van der Waals surface area contributed by atoms with E-state index in [1.165, 1.54) is 4.31 Å². The van der Waals surface area contributed by atoms with Crippen molar-refractivity contribution >= 4 is 32.6 Å². The first-order chi connectivity index (χ1) is 12.9. The van der Waals surface area contributed by atoms with E-state index in [1.807, 2.05) is 30.3 Å². The van der Waals surface area contributed by atoms with Crippen LogP contribution in [0.3, 0.4) is 0 Å². The fourth-order valence-corrected chi connectivity index (χ4v) is 5.74. The van der Waals surface area contributed by atoms with Gasteiger partial charge in [-0.1, -0.05) is 41.9 Å². The van der Waals surface area contributed by atoms with E-state index in [0.29, 0.717) is 38.3 Å². The number of aryl methyl sites for hydroxylation is 1. The molecule has 1 aliphatic rings. The molecule has 0 amide bonds. The zero-order chi connectivity index (χ0) is 19.0. The minimum atomic E-state index is -3.59. The van der Waals surface area contributed by atoms with Crippen molar-refractivity contribution in [3.63, 3.8) is 0 Å². The summed E-state index contributed by atoms with van der Waals surface area (Å²) in [5.41, 5.74) is 1.55. The SMILES string of the molecule is Cc1cccc(Cl)c1S(=O)(=O)N1CCN(Cc2cc3ccccc3o2)CC1. The average Bonchev–Trinajstić information content (AvgIpc) is 3.04. The maximum absolute atomic E-state index is 13.0. The molecule has 2 aromatic carbocycles. The quantitative estimate of drug-likeness (QED) is 0.661. The van der Waals surface area contributed by atoms with E-state index in [-0.39, 0.29) is 9.92 Å². The lowest BCUT2D eigenvalue weighted by Gasteiger charge is -2.33. The van der Waals surface area contributed by atoms with Crippen LogP contribution in [0.1, 0.15) is 11.3 Å². The Hall–Kier alpha value is -1.86. The predicted molar refractivity (Wildman–Crippen MR) is 106 cm³/mol. The Balaban J connectivity index is 1.45. The van der Waals surface area contributed by atoms with Crippen LogP contribution in [0.4, 0.5) is 0 Å². The third-order valence-corrected chi connectivity index (χ3v) is 7.48. The van der Waals surface area contributed by atoms with Crippen molar-refractivity contribution in [2.75, 3.05) is 26.2 Å². The Bertz CT molecular complexity index is 1020. The first kappa shape index (κ1) is 18.5. The number of benzene rings is 2. The maximum atomic E-state index is 13.0. The van der Waals surface area contributed by atoms with Gasteiger partial charge in [0.2, 0.25) is 10.0 Å². The highest BCUT2D eigenvalue weighted by Gasteiger charge is 2.31. The zero-order valence-electron chi connectivity index (χ0n) is 15.1. The highest BCUT2D eigenvalue weighted by Crippen LogP contribution is 2.29. The summed E-state index contributed by atoms with van der Waals surface area (Å²) < 4.78 is 33.4. The number of halogens is 1. The van der Waals surface area contributed by atoms with Crippen molar-refractivity contribution in [2.45, 2.75) is 18.4 Å². The molecule has 4 rings (SSSR count). The minimum absolute atomic E-state index is 0.220. The lowest BCUT2D eigenvalue weighted by atomic mass is 10.2. The Labute approximate surface area is 164 Å². The molecule has 27 heavy (non-hydrogen) atoms. The van der Waals surface area contributed by atoms with Crippen LogP contribution < -0.4 is 0 Å². The van der Waals surface area contributed by atoms with Crippen molar-refractivity contribution in [3.05, 3.63) is 64.9 Å². The van der Waals surface area contributed by atoms with Crippen molar-refractivity contribution in [2.24, 2.45) is 0 Å². The molecule has 142 valence electrons.